The highest BCUT2D eigenvalue weighted by Gasteiger charge is 2.86. The van der Waals surface area contributed by atoms with Gasteiger partial charge in [0.2, 0.25) is 5.78 Å². The quantitative estimate of drug-likeness (QED) is 0.0437. The van der Waals surface area contributed by atoms with Gasteiger partial charge in [-0.2, -0.15) is 0 Å². The minimum absolute atomic E-state index is 0.0107. The highest BCUT2D eigenvalue weighted by atomic mass is 16.7. The maximum atomic E-state index is 16.8. The summed E-state index contributed by atoms with van der Waals surface area (Å²) in [7, 11) is 1.96. The number of fused-ring (bicyclic) bond motifs is 4. The van der Waals surface area contributed by atoms with Crippen LogP contribution in [-0.2, 0) is 20.7 Å². The van der Waals surface area contributed by atoms with E-state index in [0.29, 0.717) is 87.9 Å². The van der Waals surface area contributed by atoms with Crippen molar-refractivity contribution in [2.75, 3.05) is 33.4 Å². The Morgan fingerprint density at radius 2 is 1.81 bits per heavy atom. The van der Waals surface area contributed by atoms with Crippen LogP contribution >= 0.6 is 0 Å². The molecule has 4 fully saturated rings. The summed E-state index contributed by atoms with van der Waals surface area (Å²) >= 11 is 0. The smallest absolute Gasteiger partial charge is 0.350 e. The number of dihydropyridines is 2. The fraction of sp³-hybridized carbons (Fsp3) is 0.603. The van der Waals surface area contributed by atoms with Crippen molar-refractivity contribution in [2.45, 2.75) is 190 Å². The molecule has 0 radical (unpaired) electrons. The van der Waals surface area contributed by atoms with Crippen LogP contribution in [0.5, 0.6) is 5.75 Å². The van der Waals surface area contributed by atoms with E-state index in [2.05, 4.69) is 76.9 Å². The molecule has 15 heteroatoms. The number of allylic oxidation sites excluding steroid dienone is 8. The summed E-state index contributed by atoms with van der Waals surface area (Å²) in [6, 6.07) is 13.1. The van der Waals surface area contributed by atoms with Crippen molar-refractivity contribution in [3.63, 3.8) is 0 Å². The number of likely N-dealkylation sites (N-methyl/N-ethyl adjacent to an activating group) is 1. The molecule has 2 spiro atoms. The van der Waals surface area contributed by atoms with Gasteiger partial charge in [0.15, 0.2) is 11.4 Å². The number of phenols is 1. The number of Topliss-reactive ketones (excluding diaryl/α,β-unsaturated/α-hetero) is 2. The molecule has 14 rings (SSSR count). The second-order valence-corrected chi connectivity index (χ2v) is 29.5. The van der Waals surface area contributed by atoms with Gasteiger partial charge < -0.3 is 62.2 Å². The third-order valence-electron chi connectivity index (χ3n) is 24.7. The molecule has 3 saturated carbocycles. The van der Waals surface area contributed by atoms with Crippen molar-refractivity contribution in [3.8, 4) is 5.75 Å². The molecule has 0 aromatic heterocycles. The van der Waals surface area contributed by atoms with E-state index in [4.69, 9.17) is 15.2 Å². The number of benzene rings is 2. The number of aliphatic hydroxyl groups is 3. The Labute approximate surface area is 519 Å². The fourth-order valence-electron chi connectivity index (χ4n) is 20.4. The molecule has 11 bridgehead atoms. The first-order chi connectivity index (χ1) is 42.5. The highest BCUT2D eigenvalue weighted by molar-refractivity contribution is 6.33. The Kier molecular flexibility index (Phi) is 15.6. The molecule has 0 amide bonds. The van der Waals surface area contributed by atoms with E-state index in [-0.39, 0.29) is 77.5 Å². The van der Waals surface area contributed by atoms with E-state index >= 15 is 14.4 Å². The summed E-state index contributed by atoms with van der Waals surface area (Å²) in [5.41, 5.74) is 10.5. The lowest BCUT2D eigenvalue weighted by Gasteiger charge is -2.63. The molecule has 12 aliphatic rings. The van der Waals surface area contributed by atoms with E-state index in [1.54, 1.807) is 12.1 Å². The standard InChI is InChI=1S/C73H94N6O9/c1-5-78-71-35-47-14-8-12-44-11-6-7-24-69(3)32-43-27-56(66(74)77-38-43)54(46-13-9-16-50(82)28-46)30-58-57(37-71)55(31-60(83)70(58)25-22-42(33-70)39-80)63(59(71)29-53(44)47)87-68(86)73-65(85)62-48(34-69)15-10-17-52(62)64(84)72(73,88-73)36-49(40-81)41(2)18-19-45-23-26-76-67-51(45)20-21-61(75-4)79-67/h8-10,13-17,23,27-28,35,38,42,44,53-55,57-61,63,66,75-83H,5-7,11-12,18-22,24-26,29-34,36-37,39-40,74H2,1-4H3/b49-41-/t42-,44+,53+,54+,55+,57+,58+,59-,60+,61+,63-,66?,69+,70+,71+,72+,73+/m1/s1. The number of epoxide rings is 1. The number of carbonyl (C=O) groups is 3. The maximum Gasteiger partial charge on any atom is 0.350 e. The fourth-order valence-corrected chi connectivity index (χ4v) is 20.4. The van der Waals surface area contributed by atoms with Gasteiger partial charge in [-0.15, -0.1) is 0 Å². The van der Waals surface area contributed by atoms with Gasteiger partial charge in [0.1, 0.15) is 17.7 Å². The Balaban J connectivity index is 0.961. The number of esters is 1. The lowest BCUT2D eigenvalue weighted by atomic mass is 9.45. The Hall–Kier alpha value is -5.65. The number of aromatic hydroxyl groups is 1. The van der Waals surface area contributed by atoms with Gasteiger partial charge in [-0.25, -0.2) is 4.79 Å². The van der Waals surface area contributed by atoms with E-state index in [0.717, 1.165) is 85.9 Å². The molecule has 2 aromatic rings. The number of carbonyl (C=O) groups excluding carboxylic acids is 3. The molecule has 17 atom stereocenters. The average Bonchev–Trinajstić information content (AvgIpc) is 1.47. The predicted octanol–water partition coefficient (Wildman–Crippen LogP) is 9.02. The van der Waals surface area contributed by atoms with Gasteiger partial charge in [0.05, 0.1) is 25.0 Å². The minimum Gasteiger partial charge on any atom is -0.508 e. The molecule has 1 saturated heterocycles. The van der Waals surface area contributed by atoms with E-state index < -0.39 is 70.1 Å². The van der Waals surface area contributed by atoms with Crippen LogP contribution in [0.25, 0.3) is 0 Å². The van der Waals surface area contributed by atoms with Crippen molar-refractivity contribution >= 4 is 17.5 Å². The Morgan fingerprint density at radius 1 is 0.955 bits per heavy atom. The number of phenolic OH excluding ortho intramolecular Hbond substituents is 1. The van der Waals surface area contributed by atoms with Gasteiger partial charge in [-0.3, -0.25) is 9.59 Å². The van der Waals surface area contributed by atoms with Crippen molar-refractivity contribution in [1.29, 1.82) is 0 Å². The molecule has 6 aliphatic heterocycles. The minimum atomic E-state index is -2.35. The van der Waals surface area contributed by atoms with Crippen LogP contribution in [0.2, 0.25) is 0 Å². The van der Waals surface area contributed by atoms with E-state index in [1.807, 2.05) is 44.4 Å². The molecule has 88 heavy (non-hydrogen) atoms. The number of aliphatic hydroxyl groups excluding tert-OH is 3. The van der Waals surface area contributed by atoms with Crippen LogP contribution in [0.1, 0.15) is 174 Å². The third kappa shape index (κ3) is 9.70. The van der Waals surface area contributed by atoms with Crippen LogP contribution in [-0.4, -0.2) is 113 Å². The summed E-state index contributed by atoms with van der Waals surface area (Å²) in [4.78, 5) is 49.5. The lowest BCUT2D eigenvalue weighted by molar-refractivity contribution is -0.198. The topological polar surface area (TPSA) is 240 Å². The molecule has 15 nitrogen and oxygen atoms in total. The van der Waals surface area contributed by atoms with E-state index in [1.165, 1.54) is 16.7 Å². The largest absolute Gasteiger partial charge is 0.508 e. The molecule has 1 unspecified atom stereocenters. The molecular weight excluding hydrogens is 1100 g/mol. The van der Waals surface area contributed by atoms with Crippen LogP contribution in [0.4, 0.5) is 0 Å². The highest BCUT2D eigenvalue weighted by Crippen LogP contribution is 2.67. The maximum absolute atomic E-state index is 16.8. The Bertz CT molecular complexity index is 3400. The van der Waals surface area contributed by atoms with Gasteiger partial charge in [0.25, 0.3) is 5.60 Å². The number of hydrogen-bond donors (Lipinski definition) is 10. The summed E-state index contributed by atoms with van der Waals surface area (Å²) in [5.74, 6) is -1.51. The van der Waals surface area contributed by atoms with Crippen LogP contribution in [0, 0.1) is 52.3 Å². The third-order valence-corrected chi connectivity index (χ3v) is 24.7. The van der Waals surface area contributed by atoms with Crippen LogP contribution < -0.4 is 32.3 Å². The number of nitrogens with two attached hydrogens (primary N) is 1. The average molecular weight is 1200 g/mol. The second kappa shape index (κ2) is 22.9. The second-order valence-electron chi connectivity index (χ2n) is 29.5. The van der Waals surface area contributed by atoms with Gasteiger partial charge >= 0.3 is 5.97 Å². The molecule has 11 N–H and O–H groups in total. The molecule has 2 aromatic carbocycles. The van der Waals surface area contributed by atoms with Crippen molar-refractivity contribution in [3.05, 3.63) is 146 Å². The zero-order chi connectivity index (χ0) is 61.1. The van der Waals surface area contributed by atoms with Gasteiger partial charge in [-0.05, 0) is 220 Å². The number of rotatable bonds is 11. The number of ether oxygens (including phenoxy) is 2. The molecular formula is C73H94N6O9. The summed E-state index contributed by atoms with van der Waals surface area (Å²) in [6.45, 7) is 7.37. The van der Waals surface area contributed by atoms with Crippen LogP contribution in [0.15, 0.2) is 124 Å². The first-order valence-electron chi connectivity index (χ1n) is 33.7. The summed E-state index contributed by atoms with van der Waals surface area (Å²) in [5, 5.41) is 65.6. The summed E-state index contributed by atoms with van der Waals surface area (Å²) < 4.78 is 14.5. The molecule has 6 heterocycles. The van der Waals surface area contributed by atoms with Crippen molar-refractivity contribution < 1.29 is 44.3 Å². The monoisotopic (exact) mass is 1200 g/mol. The Morgan fingerprint density at radius 3 is 2.60 bits per heavy atom. The van der Waals surface area contributed by atoms with Gasteiger partial charge in [0, 0.05) is 60.2 Å². The van der Waals surface area contributed by atoms with Crippen molar-refractivity contribution in [1.82, 2.24) is 26.6 Å². The normalized spacial score (nSPS) is 40.0. The van der Waals surface area contributed by atoms with E-state index in [9.17, 15) is 20.4 Å². The molecule has 470 valence electrons. The van der Waals surface area contributed by atoms with Crippen molar-refractivity contribution in [2.24, 2.45) is 58.0 Å². The zero-order valence-electron chi connectivity index (χ0n) is 52.1. The molecule has 6 aliphatic carbocycles. The number of ketones is 2. The summed E-state index contributed by atoms with van der Waals surface area (Å²) in [6.07, 6.45) is 24.9. The predicted molar refractivity (Wildman–Crippen MR) is 337 cm³/mol. The number of nitrogens with one attached hydrogen (secondary N) is 5. The lowest BCUT2D eigenvalue weighted by Crippen LogP contribution is -2.68. The SMILES string of the molecule is CCN[C@@]12C=C3C=CC[C@@H]4CCCC[C@@]5(C)CC6=CNC(N)C(=C6)[C@H](c6cccc(O)c6)C[C@H]6[C@@H](C1)[C@H](C[C@H](O)[C@]61CC[C@@H](CO)C1)[C@@H](OC(=O)[C@]16O[C@@]1(C/C(CO)=C(\C)CCC1=CCNC7=C1CC[C@@H](NC)N7)C(=O)c1cccc(c1C6=O)C5)[C@H]2C[C@H]34. The first kappa shape index (κ1) is 59.9. The zero-order valence-corrected chi connectivity index (χ0v) is 52.1. The number of hydrogen-bond acceptors (Lipinski definition) is 15. The first-order valence-corrected chi connectivity index (χ1v) is 33.7. The van der Waals surface area contributed by atoms with Crippen LogP contribution in [0.3, 0.4) is 0 Å². The van der Waals surface area contributed by atoms with Gasteiger partial charge in [-0.1, -0.05) is 93.0 Å².